The fourth-order valence-corrected chi connectivity index (χ4v) is 7.31. The molecule has 6 unspecified atom stereocenters. The molecule has 1 aliphatic rings. The van der Waals surface area contributed by atoms with Crippen LogP contribution in [0.4, 0.5) is 0 Å². The van der Waals surface area contributed by atoms with E-state index in [1.165, 1.54) is 7.11 Å². The van der Waals surface area contributed by atoms with Crippen molar-refractivity contribution in [3.63, 3.8) is 0 Å². The van der Waals surface area contributed by atoms with Crippen LogP contribution in [-0.2, 0) is 38.6 Å². The molecule has 51 heavy (non-hydrogen) atoms. The third-order valence-electron chi connectivity index (χ3n) is 10.9. The highest BCUT2D eigenvalue weighted by Crippen LogP contribution is 2.46. The van der Waals surface area contributed by atoms with Crippen LogP contribution in [-0.4, -0.2) is 50.3 Å². The fraction of sp³-hybridized carbons (Fsp3) is 0.524. The smallest absolute Gasteiger partial charge is 0.341 e. The van der Waals surface area contributed by atoms with Crippen LogP contribution >= 0.6 is 0 Å². The van der Waals surface area contributed by atoms with Gasteiger partial charge in [0.05, 0.1) is 25.4 Å². The Morgan fingerprint density at radius 3 is 2.04 bits per heavy atom. The Morgan fingerprint density at radius 1 is 0.941 bits per heavy atom. The Hall–Kier alpha value is -4.08. The van der Waals surface area contributed by atoms with Crippen molar-refractivity contribution in [2.75, 3.05) is 14.2 Å². The summed E-state index contributed by atoms with van der Waals surface area (Å²) in [6.45, 7) is 12.6. The molecule has 1 fully saturated rings. The number of ketones is 1. The second-order valence-electron chi connectivity index (χ2n) is 14.2. The summed E-state index contributed by atoms with van der Waals surface area (Å²) < 4.78 is 30.2. The molecular weight excluding hydrogens is 646 g/mol. The predicted octanol–water partition coefficient (Wildman–Crippen LogP) is 8.85. The summed E-state index contributed by atoms with van der Waals surface area (Å²) in [7, 11) is 3.00. The molecule has 1 saturated heterocycles. The second-order valence-corrected chi connectivity index (χ2v) is 14.2. The van der Waals surface area contributed by atoms with Gasteiger partial charge in [0.15, 0.2) is 0 Å². The van der Waals surface area contributed by atoms with E-state index in [1.807, 2.05) is 67.6 Å². The minimum Gasteiger partial charge on any atom is -0.488 e. The van der Waals surface area contributed by atoms with E-state index in [1.54, 1.807) is 20.1 Å². The molecule has 4 rings (SSSR count). The average Bonchev–Trinajstić information content (AvgIpc) is 3.14. The number of carbonyl (C=O) groups is 2. The molecule has 3 aromatic carbocycles. The first-order valence-electron chi connectivity index (χ1n) is 18.1. The van der Waals surface area contributed by atoms with Gasteiger partial charge in [-0.3, -0.25) is 4.79 Å². The normalized spacial score (nSPS) is 20.1. The van der Waals surface area contributed by atoms with Gasteiger partial charge in [0.25, 0.3) is 0 Å². The Kier molecular flexibility index (Phi) is 14.3. The van der Waals surface area contributed by atoms with E-state index in [0.717, 1.165) is 30.4 Å². The van der Waals surface area contributed by atoms with Crippen LogP contribution in [0, 0.1) is 29.1 Å². The number of nitroso groups, excluding NO2 is 1. The van der Waals surface area contributed by atoms with Gasteiger partial charge in [-0.05, 0) is 53.4 Å². The van der Waals surface area contributed by atoms with Crippen LogP contribution in [0.3, 0.4) is 0 Å². The van der Waals surface area contributed by atoms with Gasteiger partial charge >= 0.3 is 5.97 Å². The minimum absolute atomic E-state index is 0.00756. The summed E-state index contributed by atoms with van der Waals surface area (Å²) in [6, 6.07) is 20.1. The molecule has 0 bridgehead atoms. The molecule has 276 valence electrons. The van der Waals surface area contributed by atoms with E-state index in [4.69, 9.17) is 23.7 Å². The van der Waals surface area contributed by atoms with Crippen molar-refractivity contribution in [1.29, 1.82) is 0 Å². The monoisotopic (exact) mass is 701 g/mol. The molecule has 3 aromatic rings. The third kappa shape index (κ3) is 9.63. The highest BCUT2D eigenvalue weighted by Gasteiger charge is 2.47. The quantitative estimate of drug-likeness (QED) is 0.0956. The van der Waals surface area contributed by atoms with Crippen molar-refractivity contribution in [3.8, 4) is 11.5 Å². The molecule has 0 spiro atoms. The first kappa shape index (κ1) is 39.7. The average molecular weight is 702 g/mol. The molecule has 1 heterocycles. The van der Waals surface area contributed by atoms with Crippen molar-refractivity contribution in [2.24, 2.45) is 22.4 Å². The van der Waals surface area contributed by atoms with Crippen molar-refractivity contribution in [1.82, 2.24) is 0 Å². The highest BCUT2D eigenvalue weighted by molar-refractivity contribution is 5.95. The zero-order valence-corrected chi connectivity index (χ0v) is 31.5. The number of Topliss-reactive ketones (excluding diaryl/α,β-unsaturated/α-hetero) is 1. The maximum absolute atomic E-state index is 14.1. The number of esters is 1. The van der Waals surface area contributed by atoms with Crippen LogP contribution in [0.1, 0.15) is 92.9 Å². The van der Waals surface area contributed by atoms with Gasteiger partial charge in [0, 0.05) is 31.9 Å². The number of benzene rings is 3. The number of carbonyl (C=O) groups excluding carboxylic acids is 2. The van der Waals surface area contributed by atoms with E-state index in [0.29, 0.717) is 22.8 Å². The van der Waals surface area contributed by atoms with Crippen LogP contribution in [0.25, 0.3) is 0 Å². The van der Waals surface area contributed by atoms with Gasteiger partial charge in [-0.2, -0.15) is 4.91 Å². The summed E-state index contributed by atoms with van der Waals surface area (Å²) in [5.74, 6) is -0.396. The van der Waals surface area contributed by atoms with Gasteiger partial charge in [-0.15, -0.1) is 0 Å². The van der Waals surface area contributed by atoms with Gasteiger partial charge in [0.1, 0.15) is 42.1 Å². The molecule has 9 nitrogen and oxygen atoms in total. The molecule has 9 heteroatoms. The lowest BCUT2D eigenvalue weighted by Crippen LogP contribution is -2.51. The lowest BCUT2D eigenvalue weighted by Gasteiger charge is -2.49. The number of rotatable bonds is 18. The standard InChI is InChI=1S/C42H55NO8/c1-9-31-21-37(35(10-2)47-7)51-39(42(31,5)6)23-34(44)28(4)33(43-46)22-32-27(3)36(49-25-29-17-13-11-14-18-29)24-38(40(32)41(45)48-8)50-26-30-19-15-12-16-20-30/h11-20,24,28,31,33,35,37,39H,9-10,21-23,25-26H2,1-8H3. The molecule has 0 saturated carbocycles. The summed E-state index contributed by atoms with van der Waals surface area (Å²) in [5, 5.41) is 3.48. The minimum atomic E-state index is -0.974. The maximum Gasteiger partial charge on any atom is 0.341 e. The fourth-order valence-electron chi connectivity index (χ4n) is 7.31. The summed E-state index contributed by atoms with van der Waals surface area (Å²) in [6.07, 6.45) is 2.23. The van der Waals surface area contributed by atoms with Gasteiger partial charge in [-0.1, -0.05) is 107 Å². The van der Waals surface area contributed by atoms with Crippen LogP contribution in [0.5, 0.6) is 11.5 Å². The molecule has 6 atom stereocenters. The van der Waals surface area contributed by atoms with Crippen LogP contribution < -0.4 is 9.47 Å². The van der Waals surface area contributed by atoms with E-state index in [-0.39, 0.29) is 66.9 Å². The van der Waals surface area contributed by atoms with Gasteiger partial charge in [0.2, 0.25) is 0 Å². The SMILES string of the molecule is CCC(OC)C1CC(CC)C(C)(C)C(CC(=O)C(C)C(Cc2c(C)c(OCc3ccccc3)cc(OCc3ccccc3)c2C(=O)OC)N=O)O1. The number of methoxy groups -OCH3 is 2. The number of nitrogens with zero attached hydrogens (tertiary/aromatic N) is 1. The lowest BCUT2D eigenvalue weighted by molar-refractivity contribution is -0.188. The summed E-state index contributed by atoms with van der Waals surface area (Å²) >= 11 is 0. The summed E-state index contributed by atoms with van der Waals surface area (Å²) in [4.78, 5) is 40.1. The second kappa shape index (κ2) is 18.4. The first-order chi connectivity index (χ1) is 24.5. The van der Waals surface area contributed by atoms with Crippen molar-refractivity contribution < 1.29 is 33.3 Å². The largest absolute Gasteiger partial charge is 0.488 e. The molecule has 0 N–H and O–H groups in total. The zero-order valence-electron chi connectivity index (χ0n) is 31.5. The van der Waals surface area contributed by atoms with E-state index >= 15 is 0 Å². The Bertz CT molecular complexity index is 1590. The molecular formula is C42H55NO8. The molecule has 0 radical (unpaired) electrons. The first-order valence-corrected chi connectivity index (χ1v) is 18.1. The lowest BCUT2D eigenvalue weighted by atomic mass is 9.66. The number of ether oxygens (including phenoxy) is 5. The molecule has 0 aliphatic carbocycles. The zero-order chi connectivity index (χ0) is 37.1. The van der Waals surface area contributed by atoms with E-state index < -0.39 is 17.9 Å². The van der Waals surface area contributed by atoms with Crippen LogP contribution in [0.15, 0.2) is 71.9 Å². The third-order valence-corrected chi connectivity index (χ3v) is 10.9. The van der Waals surface area contributed by atoms with Crippen molar-refractivity contribution in [3.05, 3.63) is 99.5 Å². The Labute approximate surface area is 303 Å². The van der Waals surface area contributed by atoms with E-state index in [9.17, 15) is 14.5 Å². The van der Waals surface area contributed by atoms with E-state index in [2.05, 4.69) is 32.9 Å². The highest BCUT2D eigenvalue weighted by atomic mass is 16.5. The topological polar surface area (TPSA) is 110 Å². The Balaban J connectivity index is 1.67. The maximum atomic E-state index is 14.1. The molecule has 1 aliphatic heterocycles. The Morgan fingerprint density at radius 2 is 1.53 bits per heavy atom. The van der Waals surface area contributed by atoms with Gasteiger partial charge in [-0.25, -0.2) is 4.79 Å². The van der Waals surface area contributed by atoms with Crippen LogP contribution in [0.2, 0.25) is 0 Å². The number of hydrogen-bond acceptors (Lipinski definition) is 9. The molecule has 0 aromatic heterocycles. The predicted molar refractivity (Wildman–Crippen MR) is 198 cm³/mol. The molecule has 0 amide bonds. The number of hydrogen-bond donors (Lipinski definition) is 0. The van der Waals surface area contributed by atoms with Crippen molar-refractivity contribution in [2.45, 2.75) is 111 Å². The summed E-state index contributed by atoms with van der Waals surface area (Å²) in [5.41, 5.74) is 2.92. The van der Waals surface area contributed by atoms with Crippen molar-refractivity contribution >= 4 is 11.8 Å². The van der Waals surface area contributed by atoms with Gasteiger partial charge < -0.3 is 23.7 Å².